The average Bonchev–Trinajstić information content (AvgIpc) is 3.41. The van der Waals surface area contributed by atoms with Gasteiger partial charge in [0, 0.05) is 31.6 Å². The third-order valence-corrected chi connectivity index (χ3v) is 5.03. The lowest BCUT2D eigenvalue weighted by Gasteiger charge is -2.33. The van der Waals surface area contributed by atoms with Crippen LogP contribution in [0.15, 0.2) is 34.9 Å². The van der Waals surface area contributed by atoms with Crippen molar-refractivity contribution in [2.24, 2.45) is 5.92 Å². The average molecular weight is 354 g/mol. The number of piperidine rings is 1. The lowest BCUT2D eigenvalue weighted by atomic mass is 9.96. The molecule has 1 aliphatic heterocycles. The second-order valence-corrected chi connectivity index (χ2v) is 7.08. The molecular weight excluding hydrogens is 332 g/mol. The van der Waals surface area contributed by atoms with E-state index < -0.39 is 0 Å². The van der Waals surface area contributed by atoms with Crippen LogP contribution in [-0.4, -0.2) is 51.4 Å². The van der Waals surface area contributed by atoms with E-state index >= 15 is 0 Å². The monoisotopic (exact) mass is 354 g/mol. The van der Waals surface area contributed by atoms with Crippen molar-refractivity contribution >= 4 is 11.8 Å². The molecular formula is C19H22N4O3. The molecule has 2 amide bonds. The number of aromatic nitrogens is 2. The van der Waals surface area contributed by atoms with Crippen LogP contribution in [0.25, 0.3) is 11.4 Å². The standard InChI is InChI=1S/C19H22N4O3/c1-22(12-16-20-18(21-26-16)13-5-3-2-4-6-13)19(25)14-7-10-17(24)23(11-14)15-8-9-15/h2-6,14-15H,7-12H2,1H3. The highest BCUT2D eigenvalue weighted by Gasteiger charge is 2.39. The summed E-state index contributed by atoms with van der Waals surface area (Å²) in [5, 5.41) is 3.99. The van der Waals surface area contributed by atoms with Gasteiger partial charge in [-0.2, -0.15) is 4.98 Å². The Labute approximate surface area is 152 Å². The quantitative estimate of drug-likeness (QED) is 0.821. The van der Waals surface area contributed by atoms with E-state index in [-0.39, 0.29) is 24.3 Å². The van der Waals surface area contributed by atoms with Gasteiger partial charge >= 0.3 is 0 Å². The Hall–Kier alpha value is -2.70. The van der Waals surface area contributed by atoms with Crippen LogP contribution in [0.2, 0.25) is 0 Å². The van der Waals surface area contributed by atoms with Crippen LogP contribution in [0, 0.1) is 5.92 Å². The van der Waals surface area contributed by atoms with Crippen LogP contribution in [0.4, 0.5) is 0 Å². The van der Waals surface area contributed by atoms with Gasteiger partial charge in [-0.1, -0.05) is 35.5 Å². The lowest BCUT2D eigenvalue weighted by Crippen LogP contribution is -2.46. The molecule has 2 aromatic rings. The minimum atomic E-state index is -0.144. The van der Waals surface area contributed by atoms with Crippen molar-refractivity contribution in [3.8, 4) is 11.4 Å². The Balaban J connectivity index is 1.38. The van der Waals surface area contributed by atoms with Gasteiger partial charge in [0.1, 0.15) is 0 Å². The number of rotatable bonds is 5. The van der Waals surface area contributed by atoms with Crippen LogP contribution in [0.3, 0.4) is 0 Å². The van der Waals surface area contributed by atoms with Crippen molar-refractivity contribution in [3.05, 3.63) is 36.2 Å². The topological polar surface area (TPSA) is 79.5 Å². The Morgan fingerprint density at radius 2 is 2.04 bits per heavy atom. The Morgan fingerprint density at radius 3 is 2.77 bits per heavy atom. The van der Waals surface area contributed by atoms with Crippen molar-refractivity contribution in [3.63, 3.8) is 0 Å². The van der Waals surface area contributed by atoms with E-state index in [4.69, 9.17) is 4.52 Å². The molecule has 26 heavy (non-hydrogen) atoms. The number of carbonyl (C=O) groups excluding carboxylic acids is 2. The number of nitrogens with zero attached hydrogens (tertiary/aromatic N) is 4. The SMILES string of the molecule is CN(Cc1nc(-c2ccccc2)no1)C(=O)C1CCC(=O)N(C2CC2)C1. The van der Waals surface area contributed by atoms with E-state index in [0.717, 1.165) is 18.4 Å². The zero-order chi connectivity index (χ0) is 18.1. The van der Waals surface area contributed by atoms with Gasteiger partial charge in [0.2, 0.25) is 23.5 Å². The van der Waals surface area contributed by atoms with Crippen molar-refractivity contribution in [2.75, 3.05) is 13.6 Å². The van der Waals surface area contributed by atoms with Gasteiger partial charge in [-0.3, -0.25) is 9.59 Å². The van der Waals surface area contributed by atoms with Crippen LogP contribution in [0.1, 0.15) is 31.6 Å². The molecule has 1 saturated carbocycles. The summed E-state index contributed by atoms with van der Waals surface area (Å²) in [6.45, 7) is 0.804. The molecule has 1 aromatic carbocycles. The maximum atomic E-state index is 12.8. The Bertz CT molecular complexity index is 800. The van der Waals surface area contributed by atoms with Crippen molar-refractivity contribution < 1.29 is 14.1 Å². The summed E-state index contributed by atoms with van der Waals surface area (Å²) in [7, 11) is 1.74. The molecule has 0 spiro atoms. The largest absolute Gasteiger partial charge is 0.339 e. The van der Waals surface area contributed by atoms with Crippen molar-refractivity contribution in [1.29, 1.82) is 0 Å². The number of hydrogen-bond donors (Lipinski definition) is 0. The van der Waals surface area contributed by atoms with Gasteiger partial charge in [-0.05, 0) is 19.3 Å². The molecule has 0 bridgehead atoms. The van der Waals surface area contributed by atoms with Gasteiger partial charge in [-0.25, -0.2) is 0 Å². The molecule has 2 heterocycles. The first-order chi connectivity index (χ1) is 12.6. The third kappa shape index (κ3) is 3.47. The normalized spacial score (nSPS) is 20.3. The molecule has 4 rings (SSSR count). The van der Waals surface area contributed by atoms with Crippen LogP contribution in [-0.2, 0) is 16.1 Å². The van der Waals surface area contributed by atoms with Gasteiger partial charge < -0.3 is 14.3 Å². The van der Waals surface area contributed by atoms with E-state index in [0.29, 0.717) is 37.1 Å². The molecule has 136 valence electrons. The van der Waals surface area contributed by atoms with E-state index in [9.17, 15) is 9.59 Å². The summed E-state index contributed by atoms with van der Waals surface area (Å²) in [5.74, 6) is 0.997. The maximum Gasteiger partial charge on any atom is 0.246 e. The Morgan fingerprint density at radius 1 is 1.27 bits per heavy atom. The van der Waals surface area contributed by atoms with Gasteiger partial charge in [-0.15, -0.1) is 0 Å². The number of likely N-dealkylation sites (tertiary alicyclic amines) is 1. The first kappa shape index (κ1) is 16.8. The molecule has 2 aliphatic rings. The minimum Gasteiger partial charge on any atom is -0.339 e. The molecule has 1 aliphatic carbocycles. The zero-order valence-electron chi connectivity index (χ0n) is 14.8. The number of benzene rings is 1. The van der Waals surface area contributed by atoms with E-state index in [1.807, 2.05) is 35.2 Å². The molecule has 7 nitrogen and oxygen atoms in total. The summed E-state index contributed by atoms with van der Waals surface area (Å²) in [6, 6.07) is 9.93. The van der Waals surface area contributed by atoms with Crippen LogP contribution < -0.4 is 0 Å². The number of hydrogen-bond acceptors (Lipinski definition) is 5. The van der Waals surface area contributed by atoms with E-state index in [1.54, 1.807) is 11.9 Å². The first-order valence-corrected chi connectivity index (χ1v) is 9.04. The minimum absolute atomic E-state index is 0.0302. The first-order valence-electron chi connectivity index (χ1n) is 9.04. The summed E-state index contributed by atoms with van der Waals surface area (Å²) in [4.78, 5) is 32.7. The predicted molar refractivity (Wildman–Crippen MR) is 93.7 cm³/mol. The van der Waals surface area contributed by atoms with E-state index in [2.05, 4.69) is 10.1 Å². The molecule has 0 N–H and O–H groups in total. The second-order valence-electron chi connectivity index (χ2n) is 7.08. The van der Waals surface area contributed by atoms with E-state index in [1.165, 1.54) is 0 Å². The molecule has 1 aromatic heterocycles. The highest BCUT2D eigenvalue weighted by atomic mass is 16.5. The smallest absolute Gasteiger partial charge is 0.246 e. The van der Waals surface area contributed by atoms with Crippen molar-refractivity contribution in [1.82, 2.24) is 19.9 Å². The fourth-order valence-electron chi connectivity index (χ4n) is 3.43. The molecule has 0 radical (unpaired) electrons. The highest BCUT2D eigenvalue weighted by Crippen LogP contribution is 2.32. The highest BCUT2D eigenvalue weighted by molar-refractivity contribution is 5.84. The lowest BCUT2D eigenvalue weighted by molar-refractivity contribution is -0.143. The van der Waals surface area contributed by atoms with Crippen LogP contribution in [0.5, 0.6) is 0 Å². The summed E-state index contributed by atoms with van der Waals surface area (Å²) in [6.07, 6.45) is 3.20. The zero-order valence-corrected chi connectivity index (χ0v) is 14.8. The fourth-order valence-corrected chi connectivity index (χ4v) is 3.43. The molecule has 1 atom stereocenters. The predicted octanol–water partition coefficient (Wildman–Crippen LogP) is 2.10. The Kier molecular flexibility index (Phi) is 4.44. The maximum absolute atomic E-state index is 12.8. The number of amides is 2. The molecule has 2 fully saturated rings. The summed E-state index contributed by atoms with van der Waals surface area (Å²) in [5.41, 5.74) is 0.877. The molecule has 1 saturated heterocycles. The summed E-state index contributed by atoms with van der Waals surface area (Å²) >= 11 is 0. The second kappa shape index (κ2) is 6.90. The van der Waals surface area contributed by atoms with Crippen LogP contribution >= 0.6 is 0 Å². The van der Waals surface area contributed by atoms with Gasteiger partial charge in [0.25, 0.3) is 0 Å². The summed E-state index contributed by atoms with van der Waals surface area (Å²) < 4.78 is 5.29. The van der Waals surface area contributed by atoms with Crippen molar-refractivity contribution in [2.45, 2.75) is 38.3 Å². The fraction of sp³-hybridized carbons (Fsp3) is 0.474. The molecule has 1 unspecified atom stereocenters. The third-order valence-electron chi connectivity index (χ3n) is 5.03. The molecule has 7 heteroatoms. The van der Waals surface area contributed by atoms with Gasteiger partial charge in [0.15, 0.2) is 0 Å². The number of carbonyl (C=O) groups is 2. The van der Waals surface area contributed by atoms with Gasteiger partial charge in [0.05, 0.1) is 12.5 Å².